The average Bonchev–Trinajstić information content (AvgIpc) is 3.03. The third kappa shape index (κ3) is 4.29. The first-order valence-electron chi connectivity index (χ1n) is 7.39. The Labute approximate surface area is 139 Å². The Bertz CT molecular complexity index is 712. The van der Waals surface area contributed by atoms with Gasteiger partial charge < -0.3 is 16.0 Å². The zero-order chi connectivity index (χ0) is 16.8. The number of aryl methyl sites for hydroxylation is 1. The highest BCUT2D eigenvalue weighted by Crippen LogP contribution is 2.22. The van der Waals surface area contributed by atoms with E-state index in [2.05, 4.69) is 27.9 Å². The van der Waals surface area contributed by atoms with Gasteiger partial charge in [0.05, 0.1) is 6.20 Å². The predicted molar refractivity (Wildman–Crippen MR) is 93.4 cm³/mol. The van der Waals surface area contributed by atoms with E-state index in [4.69, 9.17) is 0 Å². The van der Waals surface area contributed by atoms with Gasteiger partial charge in [-0.15, -0.1) is 0 Å². The molecule has 23 heavy (non-hydrogen) atoms. The molecule has 2 aromatic rings. The maximum Gasteiger partial charge on any atom is 0.267 e. The van der Waals surface area contributed by atoms with Crippen LogP contribution in [0.1, 0.15) is 38.9 Å². The summed E-state index contributed by atoms with van der Waals surface area (Å²) in [5, 5.41) is 9.29. The highest BCUT2D eigenvalue weighted by molar-refractivity contribution is 7.17. The molecule has 7 heteroatoms. The molecule has 0 radical (unpaired) electrons. The van der Waals surface area contributed by atoms with Gasteiger partial charge in [0.15, 0.2) is 5.13 Å². The summed E-state index contributed by atoms with van der Waals surface area (Å²) in [7, 11) is 1.57. The van der Waals surface area contributed by atoms with E-state index in [1.807, 2.05) is 6.92 Å². The number of hydrogen-bond acceptors (Lipinski definition) is 5. The van der Waals surface area contributed by atoms with Gasteiger partial charge in [-0.3, -0.25) is 9.59 Å². The van der Waals surface area contributed by atoms with Gasteiger partial charge in [-0.1, -0.05) is 24.3 Å². The van der Waals surface area contributed by atoms with Crippen LogP contribution < -0.4 is 16.0 Å². The summed E-state index contributed by atoms with van der Waals surface area (Å²) in [6.45, 7) is 4.77. The summed E-state index contributed by atoms with van der Waals surface area (Å²) in [4.78, 5) is 28.7. The SMILES string of the molecule is CCCNc1ncc(C(=O)Nc2cc(C(=O)NC)ccc2C)s1. The number of anilines is 2. The van der Waals surface area contributed by atoms with Crippen LogP contribution in [-0.2, 0) is 0 Å². The first kappa shape index (κ1) is 17.0. The second-order valence-corrected chi connectivity index (χ2v) is 6.05. The Morgan fingerprint density at radius 2 is 2.04 bits per heavy atom. The molecule has 0 aliphatic heterocycles. The monoisotopic (exact) mass is 332 g/mol. The maximum atomic E-state index is 12.3. The number of rotatable bonds is 6. The van der Waals surface area contributed by atoms with E-state index in [0.29, 0.717) is 16.1 Å². The topological polar surface area (TPSA) is 83.1 Å². The molecular formula is C16H20N4O2S. The number of carbonyl (C=O) groups is 2. The molecule has 122 valence electrons. The number of aromatic nitrogens is 1. The molecule has 3 N–H and O–H groups in total. The van der Waals surface area contributed by atoms with Crippen molar-refractivity contribution in [2.45, 2.75) is 20.3 Å². The molecule has 0 fully saturated rings. The molecular weight excluding hydrogens is 312 g/mol. The molecule has 0 spiro atoms. The van der Waals surface area contributed by atoms with Crippen LogP contribution in [-0.4, -0.2) is 30.4 Å². The van der Waals surface area contributed by atoms with Crippen molar-refractivity contribution < 1.29 is 9.59 Å². The van der Waals surface area contributed by atoms with Crippen LogP contribution in [0.3, 0.4) is 0 Å². The van der Waals surface area contributed by atoms with Crippen molar-refractivity contribution in [1.82, 2.24) is 10.3 Å². The van der Waals surface area contributed by atoms with Gasteiger partial charge in [-0.05, 0) is 31.0 Å². The first-order valence-corrected chi connectivity index (χ1v) is 8.20. The highest BCUT2D eigenvalue weighted by Gasteiger charge is 2.13. The molecule has 6 nitrogen and oxygen atoms in total. The van der Waals surface area contributed by atoms with Crippen molar-refractivity contribution >= 4 is 34.0 Å². The molecule has 2 amide bonds. The predicted octanol–water partition coefficient (Wildman–Crippen LogP) is 2.89. The van der Waals surface area contributed by atoms with Gasteiger partial charge in [-0.25, -0.2) is 4.98 Å². The third-order valence-electron chi connectivity index (χ3n) is 3.23. The number of nitrogens with zero attached hydrogens (tertiary/aromatic N) is 1. The third-order valence-corrected chi connectivity index (χ3v) is 4.18. The zero-order valence-electron chi connectivity index (χ0n) is 13.4. The van der Waals surface area contributed by atoms with Crippen LogP contribution in [0.15, 0.2) is 24.4 Å². The Morgan fingerprint density at radius 1 is 1.26 bits per heavy atom. The fraction of sp³-hybridized carbons (Fsp3) is 0.312. The summed E-state index contributed by atoms with van der Waals surface area (Å²) in [6.07, 6.45) is 2.54. The van der Waals surface area contributed by atoms with E-state index in [0.717, 1.165) is 23.7 Å². The molecule has 0 atom stereocenters. The number of carbonyl (C=O) groups excluding carboxylic acids is 2. The van der Waals surface area contributed by atoms with Gasteiger partial charge in [0.1, 0.15) is 4.88 Å². The van der Waals surface area contributed by atoms with E-state index < -0.39 is 0 Å². The maximum absolute atomic E-state index is 12.3. The molecule has 1 aromatic carbocycles. The normalized spacial score (nSPS) is 10.2. The summed E-state index contributed by atoms with van der Waals surface area (Å²) in [5.74, 6) is -0.423. The quantitative estimate of drug-likeness (QED) is 0.759. The van der Waals surface area contributed by atoms with E-state index >= 15 is 0 Å². The van der Waals surface area contributed by atoms with Crippen molar-refractivity contribution in [3.05, 3.63) is 40.4 Å². The van der Waals surface area contributed by atoms with Gasteiger partial charge in [-0.2, -0.15) is 0 Å². The van der Waals surface area contributed by atoms with Crippen molar-refractivity contribution in [3.63, 3.8) is 0 Å². The van der Waals surface area contributed by atoms with Crippen LogP contribution in [0.4, 0.5) is 10.8 Å². The Hall–Kier alpha value is -2.41. The highest BCUT2D eigenvalue weighted by atomic mass is 32.1. The van der Waals surface area contributed by atoms with Gasteiger partial charge >= 0.3 is 0 Å². The summed E-state index contributed by atoms with van der Waals surface area (Å²) in [5.41, 5.74) is 2.01. The second-order valence-electron chi connectivity index (χ2n) is 5.02. The number of benzene rings is 1. The summed E-state index contributed by atoms with van der Waals surface area (Å²) >= 11 is 1.31. The number of amides is 2. The van der Waals surface area contributed by atoms with Gasteiger partial charge in [0.25, 0.3) is 11.8 Å². The fourth-order valence-corrected chi connectivity index (χ4v) is 2.66. The number of thiazole rings is 1. The molecule has 0 saturated carbocycles. The molecule has 0 aliphatic carbocycles. The van der Waals surface area contributed by atoms with E-state index in [1.54, 1.807) is 31.4 Å². The molecule has 0 bridgehead atoms. The minimum Gasteiger partial charge on any atom is -0.362 e. The molecule has 1 heterocycles. The number of hydrogen-bond donors (Lipinski definition) is 3. The lowest BCUT2D eigenvalue weighted by molar-refractivity contribution is 0.0961. The molecule has 0 aliphatic rings. The lowest BCUT2D eigenvalue weighted by atomic mass is 10.1. The second kappa shape index (κ2) is 7.73. The van der Waals surface area contributed by atoms with Crippen LogP contribution in [0.5, 0.6) is 0 Å². The fourth-order valence-electron chi connectivity index (χ4n) is 1.92. The minimum atomic E-state index is -0.232. The van der Waals surface area contributed by atoms with Crippen LogP contribution in [0.25, 0.3) is 0 Å². The van der Waals surface area contributed by atoms with E-state index in [1.165, 1.54) is 11.3 Å². The van der Waals surface area contributed by atoms with Crippen molar-refractivity contribution in [2.75, 3.05) is 24.2 Å². The van der Waals surface area contributed by atoms with Crippen LogP contribution >= 0.6 is 11.3 Å². The average molecular weight is 332 g/mol. The van der Waals surface area contributed by atoms with Gasteiger partial charge in [0.2, 0.25) is 0 Å². The van der Waals surface area contributed by atoms with Gasteiger partial charge in [0, 0.05) is 24.8 Å². The van der Waals surface area contributed by atoms with Crippen molar-refractivity contribution in [3.8, 4) is 0 Å². The molecule has 0 unspecified atom stereocenters. The zero-order valence-corrected chi connectivity index (χ0v) is 14.2. The Balaban J connectivity index is 2.13. The Morgan fingerprint density at radius 3 is 2.74 bits per heavy atom. The molecule has 1 aromatic heterocycles. The van der Waals surface area contributed by atoms with E-state index in [-0.39, 0.29) is 11.8 Å². The lowest BCUT2D eigenvalue weighted by Gasteiger charge is -2.09. The van der Waals surface area contributed by atoms with Crippen molar-refractivity contribution in [1.29, 1.82) is 0 Å². The Kier molecular flexibility index (Phi) is 5.70. The molecule has 2 rings (SSSR count). The number of nitrogens with one attached hydrogen (secondary N) is 3. The minimum absolute atomic E-state index is 0.190. The molecule has 0 saturated heterocycles. The van der Waals surface area contributed by atoms with Crippen molar-refractivity contribution in [2.24, 2.45) is 0 Å². The standard InChI is InChI=1S/C16H20N4O2S/c1-4-7-18-16-19-9-13(23-16)15(22)20-12-8-11(14(21)17-3)6-5-10(12)2/h5-6,8-9H,4,7H2,1-3H3,(H,17,21)(H,18,19)(H,20,22). The summed E-state index contributed by atoms with van der Waals surface area (Å²) < 4.78 is 0. The largest absolute Gasteiger partial charge is 0.362 e. The first-order chi connectivity index (χ1) is 11.0. The van der Waals surface area contributed by atoms with E-state index in [9.17, 15) is 9.59 Å². The van der Waals surface area contributed by atoms with Crippen LogP contribution in [0, 0.1) is 6.92 Å². The smallest absolute Gasteiger partial charge is 0.267 e. The van der Waals surface area contributed by atoms with Crippen LogP contribution in [0.2, 0.25) is 0 Å². The summed E-state index contributed by atoms with van der Waals surface area (Å²) in [6, 6.07) is 5.20. The lowest BCUT2D eigenvalue weighted by Crippen LogP contribution is -2.18.